The van der Waals surface area contributed by atoms with E-state index < -0.39 is 12.1 Å². The molecule has 2 aromatic carbocycles. The number of hydrogen-bond acceptors (Lipinski definition) is 4. The van der Waals surface area contributed by atoms with Crippen molar-refractivity contribution in [3.63, 3.8) is 0 Å². The quantitative estimate of drug-likeness (QED) is 0.729. The van der Waals surface area contributed by atoms with Gasteiger partial charge in [0.25, 0.3) is 5.91 Å². The molecular formula is C24H28N4O3. The normalized spacial score (nSPS) is 21.7. The van der Waals surface area contributed by atoms with E-state index in [9.17, 15) is 14.4 Å². The number of nitrogens with one attached hydrogen (secondary N) is 1. The minimum Gasteiger partial charge on any atom is -0.350 e. The third-order valence-electron chi connectivity index (χ3n) is 5.95. The second kappa shape index (κ2) is 8.89. The lowest BCUT2D eigenvalue weighted by Gasteiger charge is -2.20. The van der Waals surface area contributed by atoms with E-state index in [1.54, 1.807) is 6.92 Å². The molecule has 2 aliphatic heterocycles. The molecule has 4 amide bonds. The van der Waals surface area contributed by atoms with Gasteiger partial charge >= 0.3 is 6.03 Å². The molecule has 0 radical (unpaired) electrons. The molecule has 0 aromatic heterocycles. The van der Waals surface area contributed by atoms with Gasteiger partial charge in [-0.3, -0.25) is 24.3 Å². The number of urea groups is 1. The lowest BCUT2D eigenvalue weighted by molar-refractivity contribution is -0.132. The van der Waals surface area contributed by atoms with Crippen LogP contribution in [0.25, 0.3) is 0 Å². The standard InChI is InChI=1S/C24H28N4O3/c1-17-8-10-21(11-9-17)28-18(2)23(30)27(24(28)31)16-22(29)25-20-12-13-26(15-20)14-19-6-4-3-5-7-19/h3-11,18,20H,12-16H2,1-2H3,(H,25,29). The Balaban J connectivity index is 1.32. The van der Waals surface area contributed by atoms with E-state index in [1.165, 1.54) is 10.5 Å². The van der Waals surface area contributed by atoms with Crippen molar-refractivity contribution in [1.29, 1.82) is 0 Å². The van der Waals surface area contributed by atoms with Crippen LogP contribution in [0, 0.1) is 6.92 Å². The van der Waals surface area contributed by atoms with E-state index in [0.717, 1.165) is 36.5 Å². The SMILES string of the molecule is Cc1ccc(N2C(=O)N(CC(=O)NC3CCN(Cc4ccccc4)C3)C(=O)C2C)cc1. The maximum absolute atomic E-state index is 12.9. The van der Waals surface area contributed by atoms with Crippen molar-refractivity contribution in [1.82, 2.24) is 15.1 Å². The summed E-state index contributed by atoms with van der Waals surface area (Å²) in [6, 6.07) is 16.6. The predicted octanol–water partition coefficient (Wildman–Crippen LogP) is 2.54. The maximum Gasteiger partial charge on any atom is 0.332 e. The Hall–Kier alpha value is -3.19. The van der Waals surface area contributed by atoms with E-state index >= 15 is 0 Å². The molecule has 162 valence electrons. The monoisotopic (exact) mass is 420 g/mol. The number of hydrogen-bond donors (Lipinski definition) is 1. The van der Waals surface area contributed by atoms with Crippen molar-refractivity contribution in [2.75, 3.05) is 24.5 Å². The molecule has 2 aliphatic rings. The Morgan fingerprint density at radius 2 is 1.77 bits per heavy atom. The fourth-order valence-electron chi connectivity index (χ4n) is 4.26. The number of nitrogens with zero attached hydrogens (tertiary/aromatic N) is 3. The van der Waals surface area contributed by atoms with Crippen LogP contribution >= 0.6 is 0 Å². The zero-order valence-corrected chi connectivity index (χ0v) is 18.0. The average molecular weight is 421 g/mol. The topological polar surface area (TPSA) is 73.0 Å². The molecule has 2 heterocycles. The second-order valence-corrected chi connectivity index (χ2v) is 8.36. The highest BCUT2D eigenvalue weighted by Gasteiger charge is 2.44. The van der Waals surface area contributed by atoms with Crippen LogP contribution < -0.4 is 10.2 Å². The minimum absolute atomic E-state index is 0.0228. The van der Waals surface area contributed by atoms with Gasteiger partial charge in [-0.25, -0.2) is 4.79 Å². The van der Waals surface area contributed by atoms with Gasteiger partial charge in [0, 0.05) is 31.4 Å². The zero-order valence-electron chi connectivity index (χ0n) is 18.0. The molecule has 0 spiro atoms. The molecule has 31 heavy (non-hydrogen) atoms. The highest BCUT2D eigenvalue weighted by molar-refractivity contribution is 6.15. The van der Waals surface area contributed by atoms with Crippen molar-refractivity contribution in [3.8, 4) is 0 Å². The lowest BCUT2D eigenvalue weighted by atomic mass is 10.2. The van der Waals surface area contributed by atoms with E-state index in [-0.39, 0.29) is 24.4 Å². The summed E-state index contributed by atoms with van der Waals surface area (Å²) in [4.78, 5) is 43.0. The van der Waals surface area contributed by atoms with Gasteiger partial charge in [0.1, 0.15) is 12.6 Å². The summed E-state index contributed by atoms with van der Waals surface area (Å²) >= 11 is 0. The van der Waals surface area contributed by atoms with Crippen LogP contribution in [-0.4, -0.2) is 59.4 Å². The van der Waals surface area contributed by atoms with Crippen LogP contribution in [0.1, 0.15) is 24.5 Å². The van der Waals surface area contributed by atoms with Crippen LogP contribution in [-0.2, 0) is 16.1 Å². The third-order valence-corrected chi connectivity index (χ3v) is 5.95. The zero-order chi connectivity index (χ0) is 22.0. The molecule has 2 unspecified atom stereocenters. The van der Waals surface area contributed by atoms with Crippen molar-refractivity contribution in [2.45, 2.75) is 38.9 Å². The summed E-state index contributed by atoms with van der Waals surface area (Å²) in [7, 11) is 0. The van der Waals surface area contributed by atoms with Gasteiger partial charge < -0.3 is 5.32 Å². The van der Waals surface area contributed by atoms with E-state index in [2.05, 4.69) is 22.3 Å². The number of aryl methyl sites for hydroxylation is 1. The molecule has 2 saturated heterocycles. The summed E-state index contributed by atoms with van der Waals surface area (Å²) in [6.45, 7) is 5.91. The molecule has 7 heteroatoms. The number of anilines is 1. The largest absolute Gasteiger partial charge is 0.350 e. The van der Waals surface area contributed by atoms with E-state index in [0.29, 0.717) is 5.69 Å². The van der Waals surface area contributed by atoms with Crippen LogP contribution in [0.3, 0.4) is 0 Å². The number of imide groups is 1. The Morgan fingerprint density at radius 3 is 2.48 bits per heavy atom. The molecule has 4 rings (SSSR count). The first kappa shape index (κ1) is 21.1. The van der Waals surface area contributed by atoms with Gasteiger partial charge in [0.2, 0.25) is 5.91 Å². The first-order valence-corrected chi connectivity index (χ1v) is 10.7. The molecule has 0 saturated carbocycles. The highest BCUT2D eigenvalue weighted by atomic mass is 16.2. The highest BCUT2D eigenvalue weighted by Crippen LogP contribution is 2.26. The fourth-order valence-corrected chi connectivity index (χ4v) is 4.26. The Morgan fingerprint density at radius 1 is 1.06 bits per heavy atom. The van der Waals surface area contributed by atoms with Crippen LogP contribution in [0.2, 0.25) is 0 Å². The number of benzene rings is 2. The molecular weight excluding hydrogens is 392 g/mol. The molecule has 7 nitrogen and oxygen atoms in total. The average Bonchev–Trinajstić information content (AvgIpc) is 3.27. The summed E-state index contributed by atoms with van der Waals surface area (Å²) in [5.74, 6) is -0.649. The molecule has 2 fully saturated rings. The van der Waals surface area contributed by atoms with Gasteiger partial charge in [-0.15, -0.1) is 0 Å². The predicted molar refractivity (Wildman–Crippen MR) is 118 cm³/mol. The molecule has 1 N–H and O–H groups in total. The lowest BCUT2D eigenvalue weighted by Crippen LogP contribution is -2.45. The van der Waals surface area contributed by atoms with Crippen LogP contribution in [0.5, 0.6) is 0 Å². The number of amides is 4. The first-order chi connectivity index (χ1) is 14.9. The number of carbonyl (C=O) groups excluding carboxylic acids is 3. The van der Waals surface area contributed by atoms with Crippen LogP contribution in [0.4, 0.5) is 10.5 Å². The fraction of sp³-hybridized carbons (Fsp3) is 0.375. The summed E-state index contributed by atoms with van der Waals surface area (Å²) < 4.78 is 0. The van der Waals surface area contributed by atoms with E-state index in [1.807, 2.05) is 49.4 Å². The third kappa shape index (κ3) is 4.61. The van der Waals surface area contributed by atoms with Crippen LogP contribution in [0.15, 0.2) is 54.6 Å². The Labute approximate surface area is 182 Å². The van der Waals surface area contributed by atoms with Gasteiger partial charge in [0.05, 0.1) is 0 Å². The summed E-state index contributed by atoms with van der Waals surface area (Å²) in [6.07, 6.45) is 0.854. The number of carbonyl (C=O) groups is 3. The van der Waals surface area contributed by atoms with Crippen molar-refractivity contribution >= 4 is 23.5 Å². The Bertz CT molecular complexity index is 961. The molecule has 0 aliphatic carbocycles. The molecule has 2 atom stereocenters. The van der Waals surface area contributed by atoms with E-state index in [4.69, 9.17) is 0 Å². The first-order valence-electron chi connectivity index (χ1n) is 10.7. The van der Waals surface area contributed by atoms with Crippen molar-refractivity contribution in [2.24, 2.45) is 0 Å². The second-order valence-electron chi connectivity index (χ2n) is 8.36. The minimum atomic E-state index is -0.629. The van der Waals surface area contributed by atoms with Gasteiger partial charge in [-0.2, -0.15) is 0 Å². The van der Waals surface area contributed by atoms with Crippen molar-refractivity contribution < 1.29 is 14.4 Å². The summed E-state index contributed by atoms with van der Waals surface area (Å²) in [5, 5.41) is 2.99. The smallest absolute Gasteiger partial charge is 0.332 e. The maximum atomic E-state index is 12.9. The molecule has 0 bridgehead atoms. The Kier molecular flexibility index (Phi) is 6.04. The van der Waals surface area contributed by atoms with Gasteiger partial charge in [-0.05, 0) is 38.0 Å². The number of rotatable bonds is 6. The number of likely N-dealkylation sites (tertiary alicyclic amines) is 1. The van der Waals surface area contributed by atoms with Gasteiger partial charge in [0.15, 0.2) is 0 Å². The van der Waals surface area contributed by atoms with Crippen molar-refractivity contribution in [3.05, 3.63) is 65.7 Å². The summed E-state index contributed by atoms with van der Waals surface area (Å²) in [5.41, 5.74) is 2.98. The van der Waals surface area contributed by atoms with Gasteiger partial charge in [-0.1, -0.05) is 48.0 Å². The molecule has 2 aromatic rings.